The normalized spacial score (nSPS) is 11.5. The van der Waals surface area contributed by atoms with E-state index in [9.17, 15) is 4.79 Å². The molecule has 0 aliphatic heterocycles. The molecule has 0 spiro atoms. The third-order valence-corrected chi connectivity index (χ3v) is 4.89. The lowest BCUT2D eigenvalue weighted by atomic mass is 10.1. The van der Waals surface area contributed by atoms with Crippen molar-refractivity contribution < 1.29 is 4.79 Å². The highest BCUT2D eigenvalue weighted by Crippen LogP contribution is 2.27. The van der Waals surface area contributed by atoms with Crippen molar-refractivity contribution >= 4 is 44.8 Å². The second kappa shape index (κ2) is 6.21. The fraction of sp³-hybridized carbons (Fsp3) is 0. The average Bonchev–Trinajstić information content (AvgIpc) is 3.50. The Hall–Kier alpha value is -4.60. The number of rotatable bonds is 3. The minimum atomic E-state index is -0.300. The standard InChI is InChI=1S/C20H13N9O/c30-20(27-18-16-17(22-8-21-16)23-9-24-18)10-5-6-11-14(7-10)28-29-15(11)19-25-12-3-1-2-4-13(12)26-19/h1-9H,(H,25,26)(H,28,29)(H2,21,22,23,24,27,30). The first kappa shape index (κ1) is 16.4. The van der Waals surface area contributed by atoms with Crippen LogP contribution < -0.4 is 5.32 Å². The molecule has 6 rings (SSSR count). The lowest BCUT2D eigenvalue weighted by molar-refractivity contribution is 0.102. The van der Waals surface area contributed by atoms with Gasteiger partial charge in [0.1, 0.15) is 17.5 Å². The number of carbonyl (C=O) groups excluding carboxylic acids is 1. The maximum Gasteiger partial charge on any atom is 0.256 e. The minimum absolute atomic E-state index is 0.300. The molecule has 4 aromatic heterocycles. The smallest absolute Gasteiger partial charge is 0.256 e. The van der Waals surface area contributed by atoms with E-state index in [0.29, 0.717) is 34.1 Å². The molecule has 0 radical (unpaired) electrons. The number of benzene rings is 2. The number of carbonyl (C=O) groups is 1. The molecule has 0 unspecified atom stereocenters. The van der Waals surface area contributed by atoms with Crippen LogP contribution in [0, 0.1) is 0 Å². The number of hydrogen-bond donors (Lipinski definition) is 4. The summed E-state index contributed by atoms with van der Waals surface area (Å²) in [6, 6.07) is 13.1. The number of H-pyrrole nitrogens is 3. The molecular weight excluding hydrogens is 382 g/mol. The summed E-state index contributed by atoms with van der Waals surface area (Å²) in [5.41, 5.74) is 4.76. The Kier molecular flexibility index (Phi) is 3.38. The van der Waals surface area contributed by atoms with Crippen molar-refractivity contribution in [3.63, 3.8) is 0 Å². The van der Waals surface area contributed by atoms with Gasteiger partial charge in [-0.25, -0.2) is 19.9 Å². The molecule has 10 heteroatoms. The predicted molar refractivity (Wildman–Crippen MR) is 111 cm³/mol. The van der Waals surface area contributed by atoms with Crippen molar-refractivity contribution in [3.05, 3.63) is 60.7 Å². The SMILES string of the molecule is O=C(Nc1ncnc2nc[nH]c12)c1ccc2c(-c3nc4ccccc4[nH]3)n[nH]c2c1. The van der Waals surface area contributed by atoms with Gasteiger partial charge in [-0.1, -0.05) is 12.1 Å². The van der Waals surface area contributed by atoms with E-state index in [1.54, 1.807) is 12.1 Å². The number of imidazole rings is 2. The number of aromatic amines is 3. The van der Waals surface area contributed by atoms with Crippen molar-refractivity contribution in [1.29, 1.82) is 0 Å². The molecule has 6 aromatic rings. The average molecular weight is 395 g/mol. The summed E-state index contributed by atoms with van der Waals surface area (Å²) in [6.45, 7) is 0. The van der Waals surface area contributed by atoms with Gasteiger partial charge in [-0.3, -0.25) is 9.89 Å². The molecule has 0 saturated heterocycles. The Morgan fingerprint density at radius 3 is 2.87 bits per heavy atom. The van der Waals surface area contributed by atoms with E-state index in [2.05, 4.69) is 45.4 Å². The van der Waals surface area contributed by atoms with Crippen molar-refractivity contribution in [2.45, 2.75) is 0 Å². The number of hydrogen-bond acceptors (Lipinski definition) is 6. The van der Waals surface area contributed by atoms with E-state index < -0.39 is 0 Å². The van der Waals surface area contributed by atoms with E-state index in [-0.39, 0.29) is 5.91 Å². The molecule has 0 saturated carbocycles. The van der Waals surface area contributed by atoms with Crippen molar-refractivity contribution in [3.8, 4) is 11.5 Å². The number of aromatic nitrogens is 8. The molecule has 30 heavy (non-hydrogen) atoms. The Morgan fingerprint density at radius 2 is 1.93 bits per heavy atom. The molecule has 0 aliphatic rings. The van der Waals surface area contributed by atoms with Gasteiger partial charge in [0, 0.05) is 10.9 Å². The van der Waals surface area contributed by atoms with Gasteiger partial charge in [0.15, 0.2) is 17.3 Å². The molecule has 4 heterocycles. The largest absolute Gasteiger partial charge is 0.340 e. The first-order valence-electron chi connectivity index (χ1n) is 9.15. The van der Waals surface area contributed by atoms with Crippen LogP contribution in [0.2, 0.25) is 0 Å². The highest BCUT2D eigenvalue weighted by Gasteiger charge is 2.16. The summed E-state index contributed by atoms with van der Waals surface area (Å²) < 4.78 is 0. The van der Waals surface area contributed by atoms with E-state index >= 15 is 0 Å². The van der Waals surface area contributed by atoms with Gasteiger partial charge < -0.3 is 15.3 Å². The number of anilines is 1. The highest BCUT2D eigenvalue weighted by molar-refractivity contribution is 6.08. The Labute approximate surface area is 167 Å². The summed E-state index contributed by atoms with van der Waals surface area (Å²) >= 11 is 0. The van der Waals surface area contributed by atoms with Crippen molar-refractivity contribution in [2.24, 2.45) is 0 Å². The van der Waals surface area contributed by atoms with Gasteiger partial charge in [-0.05, 0) is 30.3 Å². The van der Waals surface area contributed by atoms with Crippen LogP contribution in [0.4, 0.5) is 5.82 Å². The first-order chi connectivity index (χ1) is 14.8. The van der Waals surface area contributed by atoms with Crippen LogP contribution in [0.1, 0.15) is 10.4 Å². The summed E-state index contributed by atoms with van der Waals surface area (Å²) in [5.74, 6) is 0.740. The zero-order valence-corrected chi connectivity index (χ0v) is 15.3. The maximum absolute atomic E-state index is 12.8. The molecule has 10 nitrogen and oxygen atoms in total. The lowest BCUT2D eigenvalue weighted by Gasteiger charge is -2.05. The molecule has 0 aliphatic carbocycles. The Bertz CT molecular complexity index is 1530. The summed E-state index contributed by atoms with van der Waals surface area (Å²) in [7, 11) is 0. The van der Waals surface area contributed by atoms with Crippen molar-refractivity contribution in [2.75, 3.05) is 5.32 Å². The number of fused-ring (bicyclic) bond motifs is 3. The van der Waals surface area contributed by atoms with Crippen molar-refractivity contribution in [1.82, 2.24) is 40.1 Å². The van der Waals surface area contributed by atoms with Gasteiger partial charge in [-0.15, -0.1) is 0 Å². The second-order valence-corrected chi connectivity index (χ2v) is 6.71. The van der Waals surface area contributed by atoms with E-state index in [1.165, 1.54) is 12.7 Å². The molecule has 0 atom stereocenters. The second-order valence-electron chi connectivity index (χ2n) is 6.71. The Morgan fingerprint density at radius 1 is 1.00 bits per heavy atom. The van der Waals surface area contributed by atoms with Gasteiger partial charge in [0.25, 0.3) is 5.91 Å². The van der Waals surface area contributed by atoms with Crippen LogP contribution in [0.15, 0.2) is 55.1 Å². The van der Waals surface area contributed by atoms with Gasteiger partial charge in [-0.2, -0.15) is 5.10 Å². The lowest BCUT2D eigenvalue weighted by Crippen LogP contribution is -2.13. The monoisotopic (exact) mass is 395 g/mol. The molecule has 4 N–H and O–H groups in total. The van der Waals surface area contributed by atoms with Gasteiger partial charge in [0.05, 0.1) is 22.9 Å². The van der Waals surface area contributed by atoms with Crippen LogP contribution in [0.3, 0.4) is 0 Å². The van der Waals surface area contributed by atoms with Gasteiger partial charge in [0.2, 0.25) is 0 Å². The highest BCUT2D eigenvalue weighted by atomic mass is 16.1. The zero-order chi connectivity index (χ0) is 20.1. The number of para-hydroxylation sites is 2. The first-order valence-corrected chi connectivity index (χ1v) is 9.15. The van der Waals surface area contributed by atoms with E-state index in [1.807, 2.05) is 30.3 Å². The van der Waals surface area contributed by atoms with Gasteiger partial charge >= 0.3 is 0 Å². The van der Waals surface area contributed by atoms with E-state index in [0.717, 1.165) is 21.9 Å². The molecule has 0 fully saturated rings. The quantitative estimate of drug-likeness (QED) is 0.363. The third kappa shape index (κ3) is 2.51. The minimum Gasteiger partial charge on any atom is -0.340 e. The maximum atomic E-state index is 12.8. The zero-order valence-electron chi connectivity index (χ0n) is 15.3. The topological polar surface area (TPSA) is 141 Å². The number of amides is 1. The fourth-order valence-electron chi connectivity index (χ4n) is 3.45. The summed E-state index contributed by atoms with van der Waals surface area (Å²) in [6.07, 6.45) is 2.86. The van der Waals surface area contributed by atoms with Crippen LogP contribution >= 0.6 is 0 Å². The molecule has 2 aromatic carbocycles. The summed E-state index contributed by atoms with van der Waals surface area (Å²) in [4.78, 5) is 35.8. The van der Waals surface area contributed by atoms with Crippen LogP contribution in [0.5, 0.6) is 0 Å². The van der Waals surface area contributed by atoms with Crippen LogP contribution in [0.25, 0.3) is 44.6 Å². The summed E-state index contributed by atoms with van der Waals surface area (Å²) in [5, 5.41) is 11.0. The Balaban J connectivity index is 1.35. The third-order valence-electron chi connectivity index (χ3n) is 4.89. The van der Waals surface area contributed by atoms with Crippen LogP contribution in [-0.4, -0.2) is 46.0 Å². The van der Waals surface area contributed by atoms with Crippen LogP contribution in [-0.2, 0) is 0 Å². The molecule has 0 bridgehead atoms. The molecule has 144 valence electrons. The fourth-order valence-corrected chi connectivity index (χ4v) is 3.45. The van der Waals surface area contributed by atoms with E-state index in [4.69, 9.17) is 0 Å². The number of nitrogens with one attached hydrogen (secondary N) is 4. The number of nitrogens with zero attached hydrogens (tertiary/aromatic N) is 5. The predicted octanol–water partition coefficient (Wildman–Crippen LogP) is 3.02. The molecule has 1 amide bonds. The molecular formula is C20H13N9O.